The Morgan fingerprint density at radius 1 is 1.17 bits per heavy atom. The monoisotopic (exact) mass is 336 g/mol. The Morgan fingerprint density at radius 2 is 1.79 bits per heavy atom. The number of ketones is 2. The van der Waals surface area contributed by atoms with Gasteiger partial charge in [-0.15, -0.1) is 0 Å². The molecule has 0 saturated heterocycles. The first kappa shape index (κ1) is 16.4. The van der Waals surface area contributed by atoms with Gasteiger partial charge < -0.3 is 30.3 Å². The number of fused-ring (bicyclic) bond motifs is 1. The molecule has 24 heavy (non-hydrogen) atoms. The van der Waals surface area contributed by atoms with Crippen molar-refractivity contribution in [1.29, 1.82) is 0 Å². The molecule has 0 aliphatic heterocycles. The van der Waals surface area contributed by atoms with Gasteiger partial charge in [-0.3, -0.25) is 9.59 Å². The van der Waals surface area contributed by atoms with Crippen molar-refractivity contribution >= 4 is 11.6 Å². The second kappa shape index (κ2) is 5.04. The number of benzene rings is 1. The number of ether oxygens (including phenoxy) is 1. The normalized spacial score (nSPS) is 29.4. The number of phenolic OH excluding ortho intramolecular Hbond substituents is 2. The van der Waals surface area contributed by atoms with Crippen LogP contribution in [0.2, 0.25) is 0 Å². The van der Waals surface area contributed by atoms with Crippen LogP contribution in [0.3, 0.4) is 0 Å². The van der Waals surface area contributed by atoms with Crippen LogP contribution < -0.4 is 4.74 Å². The van der Waals surface area contributed by atoms with E-state index in [1.165, 1.54) is 14.0 Å². The van der Waals surface area contributed by atoms with E-state index in [9.17, 15) is 35.1 Å². The molecule has 0 aromatic heterocycles. The van der Waals surface area contributed by atoms with Crippen LogP contribution in [0.4, 0.5) is 0 Å². The molecule has 3 rings (SSSR count). The molecular weight excluding hydrogens is 320 g/mol. The zero-order valence-corrected chi connectivity index (χ0v) is 12.9. The van der Waals surface area contributed by atoms with Crippen molar-refractivity contribution in [3.05, 3.63) is 28.3 Å². The Hall–Kier alpha value is -2.42. The molecule has 0 saturated carbocycles. The first-order chi connectivity index (χ1) is 11.1. The van der Waals surface area contributed by atoms with E-state index in [-0.39, 0.29) is 23.3 Å². The summed E-state index contributed by atoms with van der Waals surface area (Å²) in [6.07, 6.45) is -3.86. The van der Waals surface area contributed by atoms with Gasteiger partial charge in [-0.2, -0.15) is 0 Å². The number of carbonyl (C=O) groups excluding carboxylic acids is 2. The Bertz CT molecular complexity index is 805. The van der Waals surface area contributed by atoms with E-state index in [2.05, 4.69) is 0 Å². The van der Waals surface area contributed by atoms with E-state index in [1.54, 1.807) is 0 Å². The summed E-state index contributed by atoms with van der Waals surface area (Å²) >= 11 is 0. The number of carbonyl (C=O) groups is 2. The lowest BCUT2D eigenvalue weighted by atomic mass is 9.69. The summed E-state index contributed by atoms with van der Waals surface area (Å²) in [7, 11) is 1.21. The molecule has 0 heterocycles. The number of Topliss-reactive ketones (excluding diaryl/α,β-unsaturated/α-hetero) is 2. The molecule has 128 valence electrons. The van der Waals surface area contributed by atoms with Gasteiger partial charge in [-0.1, -0.05) is 0 Å². The number of aliphatic hydroxyl groups is 3. The number of phenols is 2. The van der Waals surface area contributed by atoms with Crippen LogP contribution in [0.5, 0.6) is 17.2 Å². The van der Waals surface area contributed by atoms with E-state index in [1.807, 2.05) is 0 Å². The molecule has 2 aliphatic rings. The maximum atomic E-state index is 12.7. The van der Waals surface area contributed by atoms with Crippen molar-refractivity contribution in [3.63, 3.8) is 0 Å². The summed E-state index contributed by atoms with van der Waals surface area (Å²) in [5, 5.41) is 50.6. The molecule has 5 N–H and O–H groups in total. The van der Waals surface area contributed by atoms with Crippen LogP contribution in [-0.4, -0.2) is 62.0 Å². The van der Waals surface area contributed by atoms with Gasteiger partial charge in [0.15, 0.2) is 23.1 Å². The highest BCUT2D eigenvalue weighted by Crippen LogP contribution is 2.47. The number of aliphatic hydroxyl groups excluding tert-OH is 2. The highest BCUT2D eigenvalue weighted by atomic mass is 16.5. The molecule has 0 radical (unpaired) electrons. The van der Waals surface area contributed by atoms with Crippen LogP contribution >= 0.6 is 0 Å². The predicted molar refractivity (Wildman–Crippen MR) is 79.3 cm³/mol. The van der Waals surface area contributed by atoms with E-state index in [0.29, 0.717) is 0 Å². The minimum absolute atomic E-state index is 0.195. The first-order valence-electron chi connectivity index (χ1n) is 7.15. The number of aromatic hydroxyl groups is 2. The third kappa shape index (κ3) is 1.97. The summed E-state index contributed by atoms with van der Waals surface area (Å²) in [4.78, 5) is 25.4. The molecule has 8 heteroatoms. The molecule has 3 atom stereocenters. The zero-order valence-electron chi connectivity index (χ0n) is 12.9. The van der Waals surface area contributed by atoms with Crippen molar-refractivity contribution in [1.82, 2.24) is 0 Å². The second-order valence-electron chi connectivity index (χ2n) is 6.17. The minimum Gasteiger partial charge on any atom is -0.507 e. The van der Waals surface area contributed by atoms with Crippen LogP contribution in [0.1, 0.15) is 34.1 Å². The molecule has 1 aromatic carbocycles. The average Bonchev–Trinajstić information content (AvgIpc) is 2.51. The van der Waals surface area contributed by atoms with Gasteiger partial charge in [0.25, 0.3) is 0 Å². The van der Waals surface area contributed by atoms with Crippen LogP contribution in [0.15, 0.2) is 17.2 Å². The van der Waals surface area contributed by atoms with Gasteiger partial charge in [-0.05, 0) is 6.92 Å². The first-order valence-corrected chi connectivity index (χ1v) is 7.15. The Kier molecular flexibility index (Phi) is 3.45. The van der Waals surface area contributed by atoms with Crippen molar-refractivity contribution in [2.24, 2.45) is 0 Å². The van der Waals surface area contributed by atoms with Gasteiger partial charge >= 0.3 is 0 Å². The summed E-state index contributed by atoms with van der Waals surface area (Å²) < 4.78 is 4.86. The van der Waals surface area contributed by atoms with E-state index in [4.69, 9.17) is 4.74 Å². The zero-order chi connectivity index (χ0) is 18.0. The smallest absolute Gasteiger partial charge is 0.196 e. The fourth-order valence-corrected chi connectivity index (χ4v) is 3.23. The number of rotatable bonds is 1. The summed E-state index contributed by atoms with van der Waals surface area (Å²) in [5.41, 5.74) is -3.34. The van der Waals surface area contributed by atoms with Crippen LogP contribution in [-0.2, 0) is 0 Å². The van der Waals surface area contributed by atoms with E-state index < -0.39 is 52.0 Å². The van der Waals surface area contributed by atoms with E-state index in [0.717, 1.165) is 6.07 Å². The number of hydrogen-bond acceptors (Lipinski definition) is 8. The van der Waals surface area contributed by atoms with Crippen molar-refractivity contribution < 1.29 is 39.9 Å². The molecule has 8 nitrogen and oxygen atoms in total. The van der Waals surface area contributed by atoms with Crippen molar-refractivity contribution in [3.8, 4) is 17.2 Å². The topological polar surface area (TPSA) is 145 Å². The standard InChI is InChI=1S/C16H16O8/c1-16(23)4-5-8(14(21)15(16)22)13(20)9-6(17)3-7(24-2)12(19)10(9)11(5)18/h3,14-15,17,19,21-23H,4H2,1-2H3/t14-,15-,16+/m1/s1. The molecule has 0 spiro atoms. The van der Waals surface area contributed by atoms with Gasteiger partial charge in [0.05, 0.1) is 23.8 Å². The number of hydrogen-bond donors (Lipinski definition) is 5. The second-order valence-corrected chi connectivity index (χ2v) is 6.17. The summed E-state index contributed by atoms with van der Waals surface area (Å²) in [5.74, 6) is -3.12. The Morgan fingerprint density at radius 3 is 2.38 bits per heavy atom. The Balaban J connectivity index is 2.30. The lowest BCUT2D eigenvalue weighted by Gasteiger charge is -2.40. The van der Waals surface area contributed by atoms with E-state index >= 15 is 0 Å². The SMILES string of the molecule is COc1cc(O)c2c(c1O)C(=O)C1=C(C2=O)[C@@H](O)[C@@H](O)[C@@](C)(O)C1. The average molecular weight is 336 g/mol. The molecule has 0 amide bonds. The molecule has 2 aliphatic carbocycles. The third-order valence-corrected chi connectivity index (χ3v) is 4.53. The highest BCUT2D eigenvalue weighted by Gasteiger charge is 2.51. The van der Waals surface area contributed by atoms with Gasteiger partial charge in [0.1, 0.15) is 18.0 Å². The molecule has 1 aromatic rings. The van der Waals surface area contributed by atoms with Crippen LogP contribution in [0.25, 0.3) is 0 Å². The lowest BCUT2D eigenvalue weighted by Crippen LogP contribution is -2.54. The lowest BCUT2D eigenvalue weighted by molar-refractivity contribution is -0.111. The third-order valence-electron chi connectivity index (χ3n) is 4.53. The summed E-state index contributed by atoms with van der Waals surface area (Å²) in [6.45, 7) is 1.22. The van der Waals surface area contributed by atoms with Gasteiger partial charge in [0.2, 0.25) is 0 Å². The highest BCUT2D eigenvalue weighted by molar-refractivity contribution is 6.29. The minimum atomic E-state index is -1.83. The maximum Gasteiger partial charge on any atom is 0.196 e. The maximum absolute atomic E-state index is 12.7. The largest absolute Gasteiger partial charge is 0.507 e. The Labute approximate surface area is 136 Å². The molecular formula is C16H16O8. The van der Waals surface area contributed by atoms with Gasteiger partial charge in [-0.25, -0.2) is 0 Å². The fourth-order valence-electron chi connectivity index (χ4n) is 3.23. The fraction of sp³-hybridized carbons (Fsp3) is 0.375. The number of methoxy groups -OCH3 is 1. The molecule has 0 fully saturated rings. The molecule has 0 bridgehead atoms. The van der Waals surface area contributed by atoms with Crippen molar-refractivity contribution in [2.75, 3.05) is 7.11 Å². The van der Waals surface area contributed by atoms with Crippen molar-refractivity contribution in [2.45, 2.75) is 31.2 Å². The quantitative estimate of drug-likeness (QED) is 0.438. The predicted octanol–water partition coefficient (Wildman–Crippen LogP) is -0.342. The molecule has 0 unspecified atom stereocenters. The van der Waals surface area contributed by atoms with Crippen LogP contribution in [0, 0.1) is 0 Å². The van der Waals surface area contributed by atoms with Gasteiger partial charge in [0, 0.05) is 23.6 Å². The summed E-state index contributed by atoms with van der Waals surface area (Å²) in [6, 6.07) is 0.979.